The number of nitrogens with zero attached hydrogens (tertiary/aromatic N) is 1. The van der Waals surface area contributed by atoms with E-state index in [1.165, 1.54) is 0 Å². The van der Waals surface area contributed by atoms with Gasteiger partial charge in [-0.25, -0.2) is 0 Å². The molecule has 156 valence electrons. The fourth-order valence-electron chi connectivity index (χ4n) is 5.14. The number of rotatable bonds is 2. The molecular weight excluding hydrogens is 404 g/mol. The van der Waals surface area contributed by atoms with Gasteiger partial charge in [0.1, 0.15) is 11.2 Å². The van der Waals surface area contributed by atoms with Gasteiger partial charge in [0.15, 0.2) is 0 Å². The molecule has 2 N–H and O–H groups in total. The Bertz CT molecular complexity index is 1820. The number of hydrogen-bond donors (Lipinski definition) is 1. The van der Waals surface area contributed by atoms with Crippen molar-refractivity contribution in [2.45, 2.75) is 0 Å². The molecule has 2 aromatic heterocycles. The van der Waals surface area contributed by atoms with Gasteiger partial charge in [0, 0.05) is 38.7 Å². The molecule has 0 spiro atoms. The fourth-order valence-corrected chi connectivity index (χ4v) is 5.14. The lowest BCUT2D eigenvalue weighted by molar-refractivity contribution is 0.673. The molecule has 0 unspecified atom stereocenters. The highest BCUT2D eigenvalue weighted by atomic mass is 16.3. The third kappa shape index (κ3) is 2.50. The van der Waals surface area contributed by atoms with E-state index in [9.17, 15) is 0 Å². The van der Waals surface area contributed by atoms with Crippen LogP contribution in [-0.2, 0) is 0 Å². The van der Waals surface area contributed by atoms with Gasteiger partial charge in [-0.15, -0.1) is 0 Å². The molecule has 7 rings (SSSR count). The maximum Gasteiger partial charge on any atom is 0.145 e. The number of nitrogen functional groups attached to an aromatic ring is 1. The summed E-state index contributed by atoms with van der Waals surface area (Å²) in [6.07, 6.45) is 0. The van der Waals surface area contributed by atoms with Crippen LogP contribution in [-0.4, -0.2) is 4.57 Å². The lowest BCUT2D eigenvalue weighted by Crippen LogP contribution is -1.96. The minimum absolute atomic E-state index is 0.767. The Labute approximate surface area is 190 Å². The molecule has 3 heteroatoms. The quantitative estimate of drug-likeness (QED) is 0.286. The summed E-state index contributed by atoms with van der Waals surface area (Å²) in [6, 6.07) is 37.6. The maximum atomic E-state index is 6.45. The lowest BCUT2D eigenvalue weighted by Gasteiger charge is -2.12. The molecule has 0 aliphatic rings. The van der Waals surface area contributed by atoms with E-state index in [4.69, 9.17) is 10.2 Å². The Hall–Kier alpha value is -4.50. The normalized spacial score (nSPS) is 11.8. The van der Waals surface area contributed by atoms with E-state index in [1.54, 1.807) is 0 Å². The molecule has 0 atom stereocenters. The zero-order valence-corrected chi connectivity index (χ0v) is 17.8. The Kier molecular flexibility index (Phi) is 3.70. The van der Waals surface area contributed by atoms with E-state index < -0.39 is 0 Å². The third-order valence-corrected chi connectivity index (χ3v) is 6.56. The molecular formula is C30H20N2O. The molecule has 0 radical (unpaired) electrons. The molecule has 33 heavy (non-hydrogen) atoms. The Balaban J connectivity index is 1.74. The number of aromatic nitrogens is 1. The summed E-state index contributed by atoms with van der Waals surface area (Å²) in [4.78, 5) is 0. The molecule has 0 saturated heterocycles. The van der Waals surface area contributed by atoms with Crippen molar-refractivity contribution in [1.29, 1.82) is 0 Å². The molecule has 0 fully saturated rings. The summed E-state index contributed by atoms with van der Waals surface area (Å²) in [7, 11) is 0. The van der Waals surface area contributed by atoms with E-state index in [-0.39, 0.29) is 0 Å². The second kappa shape index (κ2) is 6.75. The lowest BCUT2D eigenvalue weighted by atomic mass is 10.00. The van der Waals surface area contributed by atoms with Crippen LogP contribution in [0.4, 0.5) is 5.69 Å². The number of furan rings is 1. The fraction of sp³-hybridized carbons (Fsp3) is 0. The first kappa shape index (κ1) is 18.1. The average Bonchev–Trinajstić information content (AvgIpc) is 3.40. The summed E-state index contributed by atoms with van der Waals surface area (Å²) in [6.45, 7) is 0. The third-order valence-electron chi connectivity index (χ3n) is 6.56. The van der Waals surface area contributed by atoms with Crippen molar-refractivity contribution in [2.75, 3.05) is 5.73 Å². The molecule has 2 heterocycles. The summed E-state index contributed by atoms with van der Waals surface area (Å²) in [5.41, 5.74) is 14.5. The van der Waals surface area contributed by atoms with Crippen LogP contribution < -0.4 is 5.73 Å². The SMILES string of the molecule is Nc1ccccc1-c1cccc2c3c4oc5ccccc5c4ccc3n(-c3ccccc3)c12. The van der Waals surface area contributed by atoms with Gasteiger partial charge in [0.25, 0.3) is 0 Å². The Morgan fingerprint density at radius 1 is 0.576 bits per heavy atom. The number of fused-ring (bicyclic) bond motifs is 7. The number of para-hydroxylation sites is 4. The van der Waals surface area contributed by atoms with Crippen molar-refractivity contribution >= 4 is 49.4 Å². The zero-order valence-electron chi connectivity index (χ0n) is 17.8. The molecule has 3 nitrogen and oxygen atoms in total. The first-order chi connectivity index (χ1) is 16.3. The summed E-state index contributed by atoms with van der Waals surface area (Å²) < 4.78 is 8.79. The number of nitrogens with two attached hydrogens (primary N) is 1. The molecule has 0 aliphatic heterocycles. The van der Waals surface area contributed by atoms with Gasteiger partial charge < -0.3 is 14.7 Å². The molecule has 7 aromatic rings. The largest absolute Gasteiger partial charge is 0.455 e. The standard InChI is InChI=1S/C30H20N2O/c31-25-15-6-4-11-20(25)22-13-8-14-24-28-26(32(29(22)24)19-9-2-1-3-10-19)18-17-23-21-12-5-7-16-27(21)33-30(23)28/h1-18H,31H2. The van der Waals surface area contributed by atoms with Gasteiger partial charge in [0.05, 0.1) is 16.4 Å². The van der Waals surface area contributed by atoms with E-state index >= 15 is 0 Å². The van der Waals surface area contributed by atoms with Crippen LogP contribution >= 0.6 is 0 Å². The van der Waals surface area contributed by atoms with Gasteiger partial charge >= 0.3 is 0 Å². The second-order valence-corrected chi connectivity index (χ2v) is 8.39. The van der Waals surface area contributed by atoms with Crippen LogP contribution in [0, 0.1) is 0 Å². The van der Waals surface area contributed by atoms with Crippen LogP contribution in [0.5, 0.6) is 0 Å². The summed E-state index contributed by atoms with van der Waals surface area (Å²) in [5, 5.41) is 4.55. The van der Waals surface area contributed by atoms with Gasteiger partial charge in [-0.05, 0) is 36.4 Å². The van der Waals surface area contributed by atoms with Crippen LogP contribution in [0.15, 0.2) is 114 Å². The van der Waals surface area contributed by atoms with Gasteiger partial charge in [0.2, 0.25) is 0 Å². The second-order valence-electron chi connectivity index (χ2n) is 8.39. The van der Waals surface area contributed by atoms with Gasteiger partial charge in [-0.3, -0.25) is 0 Å². The topological polar surface area (TPSA) is 44.1 Å². The van der Waals surface area contributed by atoms with E-state index in [1.807, 2.05) is 36.4 Å². The zero-order chi connectivity index (χ0) is 21.9. The molecule has 0 amide bonds. The number of benzene rings is 5. The Morgan fingerprint density at radius 3 is 2.18 bits per heavy atom. The van der Waals surface area contributed by atoms with Gasteiger partial charge in [-0.1, -0.05) is 72.8 Å². The van der Waals surface area contributed by atoms with Crippen molar-refractivity contribution in [2.24, 2.45) is 0 Å². The van der Waals surface area contributed by atoms with Crippen molar-refractivity contribution in [3.05, 3.63) is 109 Å². The van der Waals surface area contributed by atoms with Crippen molar-refractivity contribution in [1.82, 2.24) is 4.57 Å². The maximum absolute atomic E-state index is 6.45. The summed E-state index contributed by atoms with van der Waals surface area (Å²) in [5.74, 6) is 0. The average molecular weight is 425 g/mol. The predicted octanol–water partition coefficient (Wildman–Crippen LogP) is 7.93. The van der Waals surface area contributed by atoms with Crippen LogP contribution in [0.25, 0.3) is 60.6 Å². The highest BCUT2D eigenvalue weighted by Gasteiger charge is 2.21. The van der Waals surface area contributed by atoms with E-state index in [0.717, 1.165) is 66.2 Å². The Morgan fingerprint density at radius 2 is 1.30 bits per heavy atom. The number of hydrogen-bond acceptors (Lipinski definition) is 2. The van der Waals surface area contributed by atoms with Crippen molar-refractivity contribution in [3.8, 4) is 16.8 Å². The van der Waals surface area contributed by atoms with E-state index in [0.29, 0.717) is 0 Å². The molecule has 0 bridgehead atoms. The summed E-state index contributed by atoms with van der Waals surface area (Å²) >= 11 is 0. The molecule has 0 saturated carbocycles. The van der Waals surface area contributed by atoms with Crippen LogP contribution in [0.3, 0.4) is 0 Å². The first-order valence-corrected chi connectivity index (χ1v) is 11.1. The number of anilines is 1. The smallest absolute Gasteiger partial charge is 0.145 e. The monoisotopic (exact) mass is 424 g/mol. The molecule has 5 aromatic carbocycles. The highest BCUT2D eigenvalue weighted by molar-refractivity contribution is 6.25. The van der Waals surface area contributed by atoms with Crippen molar-refractivity contribution < 1.29 is 4.42 Å². The van der Waals surface area contributed by atoms with Crippen LogP contribution in [0.1, 0.15) is 0 Å². The minimum Gasteiger partial charge on any atom is -0.455 e. The van der Waals surface area contributed by atoms with Gasteiger partial charge in [-0.2, -0.15) is 0 Å². The van der Waals surface area contributed by atoms with E-state index in [2.05, 4.69) is 77.4 Å². The first-order valence-electron chi connectivity index (χ1n) is 11.1. The highest BCUT2D eigenvalue weighted by Crippen LogP contribution is 2.43. The van der Waals surface area contributed by atoms with Crippen LogP contribution in [0.2, 0.25) is 0 Å². The predicted molar refractivity (Wildman–Crippen MR) is 138 cm³/mol. The molecule has 0 aliphatic carbocycles. The minimum atomic E-state index is 0.767. The van der Waals surface area contributed by atoms with Crippen molar-refractivity contribution in [3.63, 3.8) is 0 Å².